The van der Waals surface area contributed by atoms with Gasteiger partial charge in [0.1, 0.15) is 0 Å². The second-order valence-electron chi connectivity index (χ2n) is 4.40. The highest BCUT2D eigenvalue weighted by Crippen LogP contribution is 2.29. The van der Waals surface area contributed by atoms with Gasteiger partial charge in [-0.1, -0.05) is 19.1 Å². The lowest BCUT2D eigenvalue weighted by molar-refractivity contribution is -0.137. The van der Waals surface area contributed by atoms with Gasteiger partial charge in [-0.3, -0.25) is 0 Å². The summed E-state index contributed by atoms with van der Waals surface area (Å²) in [6.07, 6.45) is -2.14. The van der Waals surface area contributed by atoms with Gasteiger partial charge in [-0.25, -0.2) is 0 Å². The summed E-state index contributed by atoms with van der Waals surface area (Å²) >= 11 is 0. The van der Waals surface area contributed by atoms with E-state index in [1.165, 1.54) is 12.1 Å². The number of hydrogen-bond acceptors (Lipinski definition) is 3. The van der Waals surface area contributed by atoms with E-state index in [1.54, 1.807) is 6.20 Å². The molecule has 1 unspecified atom stereocenters. The van der Waals surface area contributed by atoms with Gasteiger partial charge in [-0.2, -0.15) is 28.6 Å². The number of likely N-dealkylation sites (N-methyl/N-ethyl adjacent to an activating group) is 1. The molecule has 20 heavy (non-hydrogen) atoms. The van der Waals surface area contributed by atoms with Crippen LogP contribution in [0.5, 0.6) is 0 Å². The molecule has 0 bridgehead atoms. The molecule has 108 valence electrons. The third-order valence-corrected chi connectivity index (χ3v) is 2.96. The number of H-pyrrole nitrogens is 1. The number of rotatable bonds is 5. The van der Waals surface area contributed by atoms with Crippen molar-refractivity contribution >= 4 is 0 Å². The van der Waals surface area contributed by atoms with Gasteiger partial charge in [0, 0.05) is 0 Å². The maximum absolute atomic E-state index is 12.5. The fourth-order valence-electron chi connectivity index (χ4n) is 1.97. The lowest BCUT2D eigenvalue weighted by atomic mass is 10.0. The summed E-state index contributed by atoms with van der Waals surface area (Å²) in [5.74, 6) is 0. The average Bonchev–Trinajstić information content (AvgIpc) is 2.91. The molecule has 0 aliphatic carbocycles. The van der Waals surface area contributed by atoms with E-state index in [9.17, 15) is 13.2 Å². The van der Waals surface area contributed by atoms with E-state index in [1.807, 2.05) is 6.92 Å². The summed E-state index contributed by atoms with van der Waals surface area (Å²) in [7, 11) is 0. The van der Waals surface area contributed by atoms with Crippen molar-refractivity contribution in [3.05, 3.63) is 47.3 Å². The van der Waals surface area contributed by atoms with E-state index in [4.69, 9.17) is 0 Å². The molecule has 0 fully saturated rings. The smallest absolute Gasteiger partial charge is 0.309 e. The first kappa shape index (κ1) is 14.5. The van der Waals surface area contributed by atoms with Crippen LogP contribution in [0.4, 0.5) is 13.2 Å². The molecule has 2 N–H and O–H groups in total. The quantitative estimate of drug-likeness (QED) is 0.887. The van der Waals surface area contributed by atoms with E-state index in [0.717, 1.165) is 29.9 Å². The summed E-state index contributed by atoms with van der Waals surface area (Å²) in [6, 6.07) is 5.11. The molecule has 2 aromatic rings. The molecule has 4 nitrogen and oxygen atoms in total. The van der Waals surface area contributed by atoms with Crippen LogP contribution in [0.2, 0.25) is 0 Å². The fraction of sp³-hybridized carbons (Fsp3) is 0.385. The standard InChI is InChI=1S/C13H15F3N4/c1-2-17-11(12-8-18-20-19-12)7-9-3-5-10(6-4-9)13(14,15)16/h3-6,8,11,17H,2,7H2,1H3,(H,18,19,20). The topological polar surface area (TPSA) is 53.6 Å². The zero-order chi connectivity index (χ0) is 14.6. The molecule has 7 heteroatoms. The number of aromatic amines is 1. The van der Waals surface area contributed by atoms with Gasteiger partial charge in [-0.15, -0.1) is 0 Å². The number of nitrogens with zero attached hydrogens (tertiary/aromatic N) is 2. The van der Waals surface area contributed by atoms with Crippen molar-refractivity contribution in [3.63, 3.8) is 0 Å². The van der Waals surface area contributed by atoms with Gasteiger partial charge in [0.25, 0.3) is 0 Å². The second kappa shape index (κ2) is 6.04. The number of aromatic nitrogens is 3. The van der Waals surface area contributed by atoms with Gasteiger partial charge in [0.2, 0.25) is 0 Å². The Bertz CT molecular complexity index is 520. The van der Waals surface area contributed by atoms with Gasteiger partial charge in [0.05, 0.1) is 23.5 Å². The SMILES string of the molecule is CCNC(Cc1ccc(C(F)(F)F)cc1)c1cn[nH]n1. The third-order valence-electron chi connectivity index (χ3n) is 2.96. The lowest BCUT2D eigenvalue weighted by Gasteiger charge is -2.15. The molecule has 1 aromatic heterocycles. The van der Waals surface area contributed by atoms with Crippen molar-refractivity contribution in [3.8, 4) is 0 Å². The number of hydrogen-bond donors (Lipinski definition) is 2. The van der Waals surface area contributed by atoms with Crippen molar-refractivity contribution < 1.29 is 13.2 Å². The molecular weight excluding hydrogens is 269 g/mol. The normalized spacial score (nSPS) is 13.4. The van der Waals surface area contributed by atoms with Crippen LogP contribution in [0, 0.1) is 0 Å². The minimum absolute atomic E-state index is 0.0736. The van der Waals surface area contributed by atoms with Crippen molar-refractivity contribution in [2.45, 2.75) is 25.6 Å². The van der Waals surface area contributed by atoms with Crippen molar-refractivity contribution in [1.29, 1.82) is 0 Å². The Balaban J connectivity index is 2.11. The molecule has 0 saturated carbocycles. The highest BCUT2D eigenvalue weighted by molar-refractivity contribution is 5.26. The van der Waals surface area contributed by atoms with Gasteiger partial charge < -0.3 is 5.32 Å². The van der Waals surface area contributed by atoms with E-state index >= 15 is 0 Å². The Morgan fingerprint density at radius 3 is 2.45 bits per heavy atom. The predicted octanol–water partition coefficient (Wildman–Crippen LogP) is 2.72. The molecule has 2 rings (SSSR count). The van der Waals surface area contributed by atoms with Crippen LogP contribution in [0.1, 0.15) is 29.8 Å². The minimum Gasteiger partial charge on any atom is -0.309 e. The van der Waals surface area contributed by atoms with Crippen LogP contribution in [-0.4, -0.2) is 22.0 Å². The number of halogens is 3. The summed E-state index contributed by atoms with van der Waals surface area (Å²) < 4.78 is 37.5. The molecule has 0 radical (unpaired) electrons. The lowest BCUT2D eigenvalue weighted by Crippen LogP contribution is -2.23. The summed E-state index contributed by atoms with van der Waals surface area (Å²) in [4.78, 5) is 0. The van der Waals surface area contributed by atoms with Crippen LogP contribution in [0.3, 0.4) is 0 Å². The maximum atomic E-state index is 12.5. The minimum atomic E-state index is -4.30. The maximum Gasteiger partial charge on any atom is 0.416 e. The van der Waals surface area contributed by atoms with Crippen molar-refractivity contribution in [2.24, 2.45) is 0 Å². The van der Waals surface area contributed by atoms with E-state index in [-0.39, 0.29) is 6.04 Å². The molecule has 1 atom stereocenters. The van der Waals surface area contributed by atoms with Crippen molar-refractivity contribution in [1.82, 2.24) is 20.7 Å². The first-order valence-electron chi connectivity index (χ1n) is 6.26. The zero-order valence-electron chi connectivity index (χ0n) is 10.9. The molecule has 0 aliphatic rings. The summed E-state index contributed by atoms with van der Waals surface area (Å²) in [5.41, 5.74) is 0.918. The summed E-state index contributed by atoms with van der Waals surface area (Å²) in [6.45, 7) is 2.69. The Morgan fingerprint density at radius 1 is 1.25 bits per heavy atom. The highest BCUT2D eigenvalue weighted by Gasteiger charge is 2.30. The second-order valence-corrected chi connectivity index (χ2v) is 4.40. The van der Waals surface area contributed by atoms with Crippen molar-refractivity contribution in [2.75, 3.05) is 6.54 Å². The predicted molar refractivity (Wildman–Crippen MR) is 67.9 cm³/mol. The number of nitrogens with one attached hydrogen (secondary N) is 2. The Morgan fingerprint density at radius 2 is 1.95 bits per heavy atom. The van der Waals surface area contributed by atoms with Crippen LogP contribution in [-0.2, 0) is 12.6 Å². The largest absolute Gasteiger partial charge is 0.416 e. The average molecular weight is 284 g/mol. The first-order valence-corrected chi connectivity index (χ1v) is 6.26. The molecule has 0 amide bonds. The number of benzene rings is 1. The van der Waals surface area contributed by atoms with Crippen LogP contribution >= 0.6 is 0 Å². The molecule has 0 spiro atoms. The molecule has 1 aromatic carbocycles. The van der Waals surface area contributed by atoms with Gasteiger partial charge >= 0.3 is 6.18 Å². The van der Waals surface area contributed by atoms with Crippen LogP contribution in [0.25, 0.3) is 0 Å². The Kier molecular flexibility index (Phi) is 4.39. The van der Waals surface area contributed by atoms with E-state index in [2.05, 4.69) is 20.7 Å². The zero-order valence-corrected chi connectivity index (χ0v) is 10.9. The Hall–Kier alpha value is -1.89. The van der Waals surface area contributed by atoms with E-state index < -0.39 is 11.7 Å². The summed E-state index contributed by atoms with van der Waals surface area (Å²) in [5, 5.41) is 13.5. The molecule has 0 aliphatic heterocycles. The first-order chi connectivity index (χ1) is 9.50. The van der Waals surface area contributed by atoms with E-state index in [0.29, 0.717) is 6.42 Å². The fourth-order valence-corrected chi connectivity index (χ4v) is 1.97. The third kappa shape index (κ3) is 3.57. The highest BCUT2D eigenvalue weighted by atomic mass is 19.4. The van der Waals surface area contributed by atoms with Gasteiger partial charge in [-0.05, 0) is 30.7 Å². The molecule has 0 saturated heterocycles. The van der Waals surface area contributed by atoms with Gasteiger partial charge in [0.15, 0.2) is 0 Å². The molecule has 1 heterocycles. The Labute approximate surface area is 114 Å². The number of alkyl halides is 3. The molecular formula is C13H15F3N4. The van der Waals surface area contributed by atoms with Crippen LogP contribution in [0.15, 0.2) is 30.5 Å². The van der Waals surface area contributed by atoms with Crippen LogP contribution < -0.4 is 5.32 Å². The monoisotopic (exact) mass is 284 g/mol.